The Morgan fingerprint density at radius 1 is 1.23 bits per heavy atom. The number of halogens is 1. The van der Waals surface area contributed by atoms with E-state index in [4.69, 9.17) is 10.5 Å². The fourth-order valence-electron chi connectivity index (χ4n) is 3.91. The van der Waals surface area contributed by atoms with Gasteiger partial charge in [0.05, 0.1) is 11.1 Å². The third-order valence-corrected chi connectivity index (χ3v) is 5.12. The van der Waals surface area contributed by atoms with Crippen LogP contribution >= 0.6 is 0 Å². The molecule has 3 N–H and O–H groups in total. The molecule has 4 rings (SSSR count). The topological polar surface area (TPSA) is 88.4 Å². The number of hydrogen-bond acceptors (Lipinski definition) is 3. The van der Waals surface area contributed by atoms with E-state index >= 15 is 4.39 Å². The number of H-pyrrole nitrogens is 1. The molecule has 2 aromatic carbocycles. The first-order valence-corrected chi connectivity index (χ1v) is 9.86. The van der Waals surface area contributed by atoms with Crippen LogP contribution in [0.2, 0.25) is 0 Å². The van der Waals surface area contributed by atoms with Crippen molar-refractivity contribution in [3.8, 4) is 0 Å². The normalized spacial score (nSPS) is 14.8. The van der Waals surface area contributed by atoms with Gasteiger partial charge in [0.1, 0.15) is 11.4 Å². The quantitative estimate of drug-likeness (QED) is 0.649. The first-order valence-electron chi connectivity index (χ1n) is 9.86. The predicted molar refractivity (Wildman–Crippen MR) is 115 cm³/mol. The molecule has 30 heavy (non-hydrogen) atoms. The monoisotopic (exact) mass is 409 g/mol. The van der Waals surface area contributed by atoms with E-state index in [9.17, 15) is 9.59 Å². The lowest BCUT2D eigenvalue weighted by molar-refractivity contribution is 0.0273. The molecule has 1 aromatic heterocycles. The van der Waals surface area contributed by atoms with Crippen LogP contribution in [0.4, 0.5) is 9.18 Å². The fourth-order valence-corrected chi connectivity index (χ4v) is 3.91. The van der Waals surface area contributed by atoms with E-state index in [0.29, 0.717) is 35.0 Å². The van der Waals surface area contributed by atoms with Crippen LogP contribution in [0.25, 0.3) is 27.4 Å². The van der Waals surface area contributed by atoms with Crippen molar-refractivity contribution in [3.63, 3.8) is 0 Å². The number of carbonyl (C=O) groups is 2. The van der Waals surface area contributed by atoms with Crippen LogP contribution in [0.1, 0.15) is 43.1 Å². The summed E-state index contributed by atoms with van der Waals surface area (Å²) in [5.74, 6) is -1.25. The zero-order valence-corrected chi connectivity index (χ0v) is 17.2. The molecule has 6 nitrogen and oxygen atoms in total. The Hall–Kier alpha value is -3.35. The smallest absolute Gasteiger partial charge is 0.410 e. The van der Waals surface area contributed by atoms with E-state index in [1.165, 1.54) is 6.07 Å². The van der Waals surface area contributed by atoms with Crippen molar-refractivity contribution in [2.45, 2.75) is 32.8 Å². The Morgan fingerprint density at radius 3 is 2.67 bits per heavy atom. The van der Waals surface area contributed by atoms with Crippen LogP contribution in [0.15, 0.2) is 36.4 Å². The summed E-state index contributed by atoms with van der Waals surface area (Å²) in [5, 5.41) is 1.39. The number of hydrogen-bond donors (Lipinski definition) is 2. The van der Waals surface area contributed by atoms with Gasteiger partial charge >= 0.3 is 6.09 Å². The Bertz CT molecular complexity index is 1200. The number of amides is 2. The standard InChI is InChI=1S/C23H24FN3O3/c1-23(2,3)30-22(29)27-10-6-7-13(12-27)18-16(24)11-15(21(25)28)20-19(18)14-8-4-5-9-17(14)26-20/h4-5,7-9,11,26H,6,10,12H2,1-3H3,(H2,25,28). The summed E-state index contributed by atoms with van der Waals surface area (Å²) in [4.78, 5) is 29.3. The van der Waals surface area contributed by atoms with Crippen molar-refractivity contribution in [3.05, 3.63) is 53.4 Å². The molecule has 0 unspecified atom stereocenters. The number of rotatable bonds is 2. The minimum absolute atomic E-state index is 0.0999. The molecular formula is C23H24FN3O3. The van der Waals surface area contributed by atoms with Gasteiger partial charge in [-0.05, 0) is 44.9 Å². The maximum atomic E-state index is 15.3. The van der Waals surface area contributed by atoms with Gasteiger partial charge in [0.15, 0.2) is 0 Å². The van der Waals surface area contributed by atoms with Crippen molar-refractivity contribution in [2.75, 3.05) is 13.1 Å². The van der Waals surface area contributed by atoms with E-state index in [2.05, 4.69) is 4.98 Å². The summed E-state index contributed by atoms with van der Waals surface area (Å²) in [6, 6.07) is 8.63. The zero-order chi connectivity index (χ0) is 21.6. The molecule has 0 atom stereocenters. The van der Waals surface area contributed by atoms with Gasteiger partial charge in [-0.1, -0.05) is 24.3 Å². The maximum absolute atomic E-state index is 15.3. The molecule has 0 radical (unpaired) electrons. The number of nitrogens with zero attached hydrogens (tertiary/aromatic N) is 1. The summed E-state index contributed by atoms with van der Waals surface area (Å²) in [6.07, 6.45) is 2.08. The number of nitrogens with two attached hydrogens (primary N) is 1. The molecule has 1 aliphatic rings. The average molecular weight is 409 g/mol. The molecule has 2 amide bonds. The zero-order valence-electron chi connectivity index (χ0n) is 17.2. The third kappa shape index (κ3) is 3.51. The minimum atomic E-state index is -0.704. The first kappa shape index (κ1) is 19.9. The number of benzene rings is 2. The van der Waals surface area contributed by atoms with Crippen molar-refractivity contribution < 1.29 is 18.7 Å². The van der Waals surface area contributed by atoms with Crippen LogP contribution in [-0.4, -0.2) is 40.6 Å². The second-order valence-corrected chi connectivity index (χ2v) is 8.49. The molecule has 0 fully saturated rings. The van der Waals surface area contributed by atoms with Crippen LogP contribution in [0.3, 0.4) is 0 Å². The second-order valence-electron chi connectivity index (χ2n) is 8.49. The van der Waals surface area contributed by atoms with E-state index in [1.807, 2.05) is 51.1 Å². The van der Waals surface area contributed by atoms with Crippen molar-refractivity contribution in [1.82, 2.24) is 9.88 Å². The Kier molecular flexibility index (Phi) is 4.76. The molecule has 2 heterocycles. The number of nitrogens with one attached hydrogen (secondary N) is 1. The summed E-state index contributed by atoms with van der Waals surface area (Å²) >= 11 is 0. The highest BCUT2D eigenvalue weighted by atomic mass is 19.1. The second kappa shape index (κ2) is 7.16. The van der Waals surface area contributed by atoms with Gasteiger partial charge in [-0.25, -0.2) is 9.18 Å². The van der Waals surface area contributed by atoms with Gasteiger partial charge in [-0.2, -0.15) is 0 Å². The van der Waals surface area contributed by atoms with Crippen LogP contribution in [0, 0.1) is 5.82 Å². The molecule has 1 aliphatic heterocycles. The van der Waals surface area contributed by atoms with Crippen LogP contribution in [-0.2, 0) is 4.74 Å². The summed E-state index contributed by atoms with van der Waals surface area (Å²) < 4.78 is 20.8. The van der Waals surface area contributed by atoms with Crippen LogP contribution in [0.5, 0.6) is 0 Å². The molecule has 3 aromatic rings. The third-order valence-electron chi connectivity index (χ3n) is 5.12. The van der Waals surface area contributed by atoms with Gasteiger partial charge in [-0.3, -0.25) is 4.79 Å². The number of primary amides is 1. The minimum Gasteiger partial charge on any atom is -0.444 e. The molecule has 7 heteroatoms. The summed E-state index contributed by atoms with van der Waals surface area (Å²) in [6.45, 7) is 6.14. The van der Waals surface area contributed by atoms with Gasteiger partial charge in [0.2, 0.25) is 0 Å². The molecular weight excluding hydrogens is 385 g/mol. The number of carbonyl (C=O) groups excluding carboxylic acids is 2. The molecule has 0 saturated carbocycles. The highest BCUT2D eigenvalue weighted by Crippen LogP contribution is 2.37. The SMILES string of the molecule is CC(C)(C)OC(=O)N1CCC=C(c2c(F)cc(C(N)=O)c3[nH]c4ccccc4c23)C1. The van der Waals surface area contributed by atoms with E-state index in [0.717, 1.165) is 10.9 Å². The van der Waals surface area contributed by atoms with Crippen molar-refractivity contribution >= 4 is 39.4 Å². The highest BCUT2D eigenvalue weighted by Gasteiger charge is 2.28. The number of ether oxygens (including phenoxy) is 1. The fraction of sp³-hybridized carbons (Fsp3) is 0.304. The van der Waals surface area contributed by atoms with E-state index in [-0.39, 0.29) is 12.1 Å². The lowest BCUT2D eigenvalue weighted by Crippen LogP contribution is -2.39. The molecule has 0 aliphatic carbocycles. The van der Waals surface area contributed by atoms with Gasteiger partial charge in [-0.15, -0.1) is 0 Å². The highest BCUT2D eigenvalue weighted by molar-refractivity contribution is 6.18. The summed E-state index contributed by atoms with van der Waals surface area (Å²) in [5.41, 5.74) is 7.32. The summed E-state index contributed by atoms with van der Waals surface area (Å²) in [7, 11) is 0. The van der Waals surface area contributed by atoms with Crippen LogP contribution < -0.4 is 5.73 Å². The van der Waals surface area contributed by atoms with Gasteiger partial charge in [0, 0.05) is 34.9 Å². The lowest BCUT2D eigenvalue weighted by atomic mass is 9.93. The number of aromatic amines is 1. The number of para-hydroxylation sites is 1. The predicted octanol–water partition coefficient (Wildman–Crippen LogP) is 4.58. The van der Waals surface area contributed by atoms with Crippen molar-refractivity contribution in [2.24, 2.45) is 5.73 Å². The number of fused-ring (bicyclic) bond motifs is 3. The number of aromatic nitrogens is 1. The Balaban J connectivity index is 1.86. The van der Waals surface area contributed by atoms with Crippen molar-refractivity contribution in [1.29, 1.82) is 0 Å². The first-order chi connectivity index (χ1) is 14.2. The largest absolute Gasteiger partial charge is 0.444 e. The lowest BCUT2D eigenvalue weighted by Gasteiger charge is -2.30. The van der Waals surface area contributed by atoms with E-state index in [1.54, 1.807) is 4.90 Å². The molecule has 156 valence electrons. The molecule has 0 spiro atoms. The maximum Gasteiger partial charge on any atom is 0.410 e. The average Bonchev–Trinajstić information content (AvgIpc) is 3.05. The van der Waals surface area contributed by atoms with Gasteiger partial charge < -0.3 is 20.4 Å². The van der Waals surface area contributed by atoms with E-state index < -0.39 is 23.4 Å². The van der Waals surface area contributed by atoms with Gasteiger partial charge in [0.25, 0.3) is 5.91 Å². The molecule has 0 saturated heterocycles. The molecule has 0 bridgehead atoms. The Morgan fingerprint density at radius 2 is 1.97 bits per heavy atom. The Labute approximate surface area is 173 Å².